The molecule has 1 aliphatic rings. The van der Waals surface area contributed by atoms with Crippen LogP contribution in [-0.4, -0.2) is 41.3 Å². The molecular weight excluding hydrogens is 393 g/mol. The fourth-order valence-corrected chi connectivity index (χ4v) is 2.99. The lowest BCUT2D eigenvalue weighted by molar-refractivity contribution is -0.144. The molecule has 3 rings (SSSR count). The van der Waals surface area contributed by atoms with Crippen molar-refractivity contribution in [1.29, 1.82) is 0 Å². The average molecular weight is 403 g/mol. The first-order chi connectivity index (χ1) is 11.9. The SMILES string of the molecule is CN1CN(c2c(F)cc(Cl)c3[nH]c(C(F)(F)F)nc23)CC=C1C(F)(F)F. The summed E-state index contributed by atoms with van der Waals surface area (Å²) in [5.74, 6) is -2.36. The van der Waals surface area contributed by atoms with Crippen LogP contribution in [0, 0.1) is 5.82 Å². The molecule has 0 saturated heterocycles. The van der Waals surface area contributed by atoms with Gasteiger partial charge in [0.15, 0.2) is 0 Å². The molecule has 1 aliphatic heterocycles. The molecule has 26 heavy (non-hydrogen) atoms. The highest BCUT2D eigenvalue weighted by Gasteiger charge is 2.40. The van der Waals surface area contributed by atoms with Gasteiger partial charge in [-0.2, -0.15) is 26.3 Å². The number of hydrogen-bond donors (Lipinski definition) is 1. The summed E-state index contributed by atoms with van der Waals surface area (Å²) in [4.78, 5) is 7.31. The summed E-state index contributed by atoms with van der Waals surface area (Å²) in [6, 6.07) is 0.792. The summed E-state index contributed by atoms with van der Waals surface area (Å²) in [5.41, 5.74) is -1.93. The van der Waals surface area contributed by atoms with E-state index in [-0.39, 0.29) is 22.8 Å². The second kappa shape index (κ2) is 5.93. The summed E-state index contributed by atoms with van der Waals surface area (Å²) in [6.45, 7) is -0.756. The Labute approximate surface area is 146 Å². The summed E-state index contributed by atoms with van der Waals surface area (Å²) >= 11 is 5.78. The molecule has 0 aliphatic carbocycles. The first kappa shape index (κ1) is 18.6. The van der Waals surface area contributed by atoms with Crippen LogP contribution in [0.15, 0.2) is 17.8 Å². The molecule has 1 N–H and O–H groups in total. The van der Waals surface area contributed by atoms with Crippen molar-refractivity contribution in [1.82, 2.24) is 14.9 Å². The van der Waals surface area contributed by atoms with Gasteiger partial charge >= 0.3 is 12.4 Å². The van der Waals surface area contributed by atoms with E-state index in [9.17, 15) is 30.7 Å². The zero-order valence-corrected chi connectivity index (χ0v) is 13.7. The van der Waals surface area contributed by atoms with E-state index in [0.29, 0.717) is 0 Å². The Bertz CT molecular complexity index is 884. The van der Waals surface area contributed by atoms with Gasteiger partial charge in [0, 0.05) is 13.6 Å². The quantitative estimate of drug-likeness (QED) is 0.712. The van der Waals surface area contributed by atoms with Crippen LogP contribution in [0.1, 0.15) is 5.82 Å². The Kier molecular flexibility index (Phi) is 4.25. The number of nitrogens with zero attached hydrogens (tertiary/aromatic N) is 3. The van der Waals surface area contributed by atoms with Crippen LogP contribution in [0.4, 0.5) is 36.4 Å². The minimum absolute atomic E-state index is 0.247. The second-order valence-electron chi connectivity index (χ2n) is 5.64. The molecule has 1 aromatic heterocycles. The van der Waals surface area contributed by atoms with Gasteiger partial charge in [-0.15, -0.1) is 0 Å². The minimum atomic E-state index is -4.82. The van der Waals surface area contributed by atoms with Crippen LogP contribution in [-0.2, 0) is 6.18 Å². The number of hydrogen-bond acceptors (Lipinski definition) is 3. The molecule has 0 spiro atoms. The van der Waals surface area contributed by atoms with Crippen molar-refractivity contribution >= 4 is 28.3 Å². The van der Waals surface area contributed by atoms with E-state index in [1.54, 1.807) is 0 Å². The van der Waals surface area contributed by atoms with E-state index in [2.05, 4.69) is 4.98 Å². The maximum Gasteiger partial charge on any atom is 0.449 e. The maximum absolute atomic E-state index is 14.4. The smallest absolute Gasteiger partial charge is 0.353 e. The summed E-state index contributed by atoms with van der Waals surface area (Å²) in [5, 5.41) is -0.318. The van der Waals surface area contributed by atoms with Gasteiger partial charge < -0.3 is 14.8 Å². The maximum atomic E-state index is 14.4. The van der Waals surface area contributed by atoms with Gasteiger partial charge in [-0.25, -0.2) is 9.37 Å². The van der Waals surface area contributed by atoms with E-state index in [4.69, 9.17) is 11.6 Å². The second-order valence-corrected chi connectivity index (χ2v) is 6.05. The molecule has 0 saturated carbocycles. The van der Waals surface area contributed by atoms with E-state index < -0.39 is 41.9 Å². The van der Waals surface area contributed by atoms with Gasteiger partial charge in [0.25, 0.3) is 0 Å². The normalized spacial score (nSPS) is 16.4. The first-order valence-electron chi connectivity index (χ1n) is 7.08. The largest absolute Gasteiger partial charge is 0.449 e. The number of alkyl halides is 6. The zero-order chi connectivity index (χ0) is 19.4. The van der Waals surface area contributed by atoms with Gasteiger partial charge in [0.05, 0.1) is 17.2 Å². The third-order valence-corrected chi connectivity index (χ3v) is 4.12. The molecule has 0 unspecified atom stereocenters. The third-order valence-electron chi connectivity index (χ3n) is 3.82. The number of aromatic amines is 1. The van der Waals surface area contributed by atoms with Crippen molar-refractivity contribution in [3.8, 4) is 0 Å². The van der Waals surface area contributed by atoms with Gasteiger partial charge in [0.1, 0.15) is 22.7 Å². The predicted octanol–water partition coefficient (Wildman–Crippen LogP) is 4.53. The lowest BCUT2D eigenvalue weighted by Gasteiger charge is -2.36. The molecule has 0 amide bonds. The van der Waals surface area contributed by atoms with Crippen molar-refractivity contribution in [2.24, 2.45) is 0 Å². The number of benzene rings is 1. The number of rotatable bonds is 1. The fraction of sp³-hybridized carbons (Fsp3) is 0.357. The highest BCUT2D eigenvalue weighted by atomic mass is 35.5. The van der Waals surface area contributed by atoms with E-state index in [0.717, 1.165) is 29.0 Å². The van der Waals surface area contributed by atoms with Gasteiger partial charge in [-0.1, -0.05) is 11.6 Å². The molecule has 12 heteroatoms. The van der Waals surface area contributed by atoms with Crippen molar-refractivity contribution in [3.05, 3.63) is 34.5 Å². The Morgan fingerprint density at radius 3 is 2.35 bits per heavy atom. The monoisotopic (exact) mass is 402 g/mol. The molecule has 2 aromatic rings. The Balaban J connectivity index is 2.11. The van der Waals surface area contributed by atoms with Gasteiger partial charge in [0.2, 0.25) is 5.82 Å². The number of H-pyrrole nitrogens is 1. The topological polar surface area (TPSA) is 35.2 Å². The Morgan fingerprint density at radius 2 is 1.81 bits per heavy atom. The highest BCUT2D eigenvalue weighted by Crippen LogP contribution is 2.38. The molecule has 142 valence electrons. The number of imidazole rings is 1. The Morgan fingerprint density at radius 1 is 1.15 bits per heavy atom. The lowest BCUT2D eigenvalue weighted by atomic mass is 10.2. The third kappa shape index (κ3) is 3.15. The van der Waals surface area contributed by atoms with Crippen LogP contribution < -0.4 is 4.90 Å². The minimum Gasteiger partial charge on any atom is -0.353 e. The standard InChI is InChI=1S/C14H10ClF7N4/c1-25-5-26(3-2-8(25)13(17,18)19)11-7(16)4-6(15)9-10(11)24-12(23-9)14(20,21)22/h2,4H,3,5H2,1H3,(H,23,24). The number of halogens is 8. The van der Waals surface area contributed by atoms with Gasteiger partial charge in [-0.05, 0) is 12.1 Å². The molecular formula is C14H10ClF7N4. The van der Waals surface area contributed by atoms with Crippen LogP contribution in [0.25, 0.3) is 11.0 Å². The number of aromatic nitrogens is 2. The molecule has 4 nitrogen and oxygen atoms in total. The number of allylic oxidation sites excluding steroid dienone is 1. The van der Waals surface area contributed by atoms with E-state index in [1.807, 2.05) is 4.98 Å². The molecule has 0 fully saturated rings. The summed E-state index contributed by atoms with van der Waals surface area (Å²) in [6.07, 6.45) is -8.59. The number of nitrogens with one attached hydrogen (secondary N) is 1. The van der Waals surface area contributed by atoms with Crippen LogP contribution in [0.2, 0.25) is 5.02 Å². The van der Waals surface area contributed by atoms with Crippen molar-refractivity contribution in [2.75, 3.05) is 25.2 Å². The number of fused-ring (bicyclic) bond motifs is 1. The molecule has 2 heterocycles. The van der Waals surface area contributed by atoms with Crippen molar-refractivity contribution in [2.45, 2.75) is 12.4 Å². The average Bonchev–Trinajstić information content (AvgIpc) is 2.91. The number of anilines is 1. The molecule has 0 bridgehead atoms. The zero-order valence-electron chi connectivity index (χ0n) is 12.9. The van der Waals surface area contributed by atoms with Crippen LogP contribution in [0.5, 0.6) is 0 Å². The van der Waals surface area contributed by atoms with Gasteiger partial charge in [-0.3, -0.25) is 0 Å². The van der Waals surface area contributed by atoms with Crippen molar-refractivity contribution < 1.29 is 30.7 Å². The summed E-state index contributed by atoms with van der Waals surface area (Å²) in [7, 11) is 1.14. The Hall–Kier alpha value is -2.17. The molecule has 0 atom stereocenters. The molecule has 1 aromatic carbocycles. The van der Waals surface area contributed by atoms with Crippen LogP contribution >= 0.6 is 11.6 Å². The predicted molar refractivity (Wildman–Crippen MR) is 80.2 cm³/mol. The van der Waals surface area contributed by atoms with E-state index >= 15 is 0 Å². The fourth-order valence-electron chi connectivity index (χ4n) is 2.75. The summed E-state index contributed by atoms with van der Waals surface area (Å²) < 4.78 is 91.7. The first-order valence-corrected chi connectivity index (χ1v) is 7.45. The van der Waals surface area contributed by atoms with Crippen LogP contribution in [0.3, 0.4) is 0 Å². The molecule has 0 radical (unpaired) electrons. The van der Waals surface area contributed by atoms with Crippen molar-refractivity contribution in [3.63, 3.8) is 0 Å². The van der Waals surface area contributed by atoms with E-state index in [1.165, 1.54) is 0 Å². The highest BCUT2D eigenvalue weighted by molar-refractivity contribution is 6.35. The lowest BCUT2D eigenvalue weighted by Crippen LogP contribution is -2.44.